The van der Waals surface area contributed by atoms with Gasteiger partial charge in [-0.3, -0.25) is 0 Å². The first-order valence-corrected chi connectivity index (χ1v) is 2.73. The molecule has 0 aromatic carbocycles. The second-order valence-electron chi connectivity index (χ2n) is 0.442. The molecule has 0 rings (SSSR count). The van der Waals surface area contributed by atoms with Gasteiger partial charge in [0.25, 0.3) is 0 Å². The third kappa shape index (κ3) is 4.27. The van der Waals surface area contributed by atoms with Gasteiger partial charge in [0, 0.05) is 0 Å². The highest BCUT2D eigenvalue weighted by Crippen LogP contribution is 1.80. The molecule has 0 aromatic heterocycles. The molecule has 0 radical (unpaired) electrons. The molecule has 0 saturated heterocycles. The monoisotopic (exact) mass is 184 g/mol. The van der Waals surface area contributed by atoms with Crippen molar-refractivity contribution < 1.29 is 4.74 Å². The molecule has 0 fully saturated rings. The average Bonchev–Trinajstić information content (AvgIpc) is 1.41. The summed E-state index contributed by atoms with van der Waals surface area (Å²) in [6.45, 7) is 3.32. The van der Waals surface area contributed by atoms with Gasteiger partial charge in [-0.2, -0.15) is 0 Å². The minimum Gasteiger partial charge on any atom is -0.492 e. The lowest BCUT2D eigenvalue weighted by Crippen LogP contribution is -1.66. The van der Waals surface area contributed by atoms with Crippen molar-refractivity contribution >= 4 is 22.6 Å². The predicted octanol–water partition coefficient (Wildman–Crippen LogP) is 1.54. The molecule has 0 spiro atoms. The standard InChI is InChI=1S/C3H5IO/c1-2-5-3-4/h2H,1,3H2. The molecule has 1 nitrogen and oxygen atoms in total. The molecule has 0 aromatic rings. The Labute approximate surface area is 45.2 Å². The topological polar surface area (TPSA) is 9.23 Å². The van der Waals surface area contributed by atoms with Gasteiger partial charge in [0.05, 0.1) is 6.26 Å². The number of hydrogen-bond donors (Lipinski definition) is 0. The summed E-state index contributed by atoms with van der Waals surface area (Å²) in [6.07, 6.45) is 1.42. The van der Waals surface area contributed by atoms with Gasteiger partial charge >= 0.3 is 0 Å². The SMILES string of the molecule is C=COCI. The summed E-state index contributed by atoms with van der Waals surface area (Å²) in [5, 5.41) is 0. The van der Waals surface area contributed by atoms with Crippen LogP contribution in [-0.2, 0) is 4.74 Å². The third-order valence-electron chi connectivity index (χ3n) is 0.181. The van der Waals surface area contributed by atoms with Crippen LogP contribution < -0.4 is 0 Å². The lowest BCUT2D eigenvalue weighted by molar-refractivity contribution is 0.330. The molecule has 0 aliphatic carbocycles. The Morgan fingerprint density at radius 2 is 2.60 bits per heavy atom. The second-order valence-corrected chi connectivity index (χ2v) is 1.07. The summed E-state index contributed by atoms with van der Waals surface area (Å²) in [5.74, 6) is 0. The van der Waals surface area contributed by atoms with Crippen LogP contribution in [-0.4, -0.2) is 4.61 Å². The largest absolute Gasteiger partial charge is 0.492 e. The fourth-order valence-corrected chi connectivity index (χ4v) is 0.299. The van der Waals surface area contributed by atoms with E-state index in [1.54, 1.807) is 0 Å². The number of ether oxygens (including phenoxy) is 1. The second kappa shape index (κ2) is 4.27. The van der Waals surface area contributed by atoms with E-state index in [1.165, 1.54) is 6.26 Å². The number of rotatable bonds is 2. The summed E-state index contributed by atoms with van der Waals surface area (Å²) >= 11 is 2.09. The molecule has 2 heteroatoms. The van der Waals surface area contributed by atoms with E-state index in [-0.39, 0.29) is 0 Å². The van der Waals surface area contributed by atoms with Crippen molar-refractivity contribution in [3.8, 4) is 0 Å². The van der Waals surface area contributed by atoms with E-state index >= 15 is 0 Å². The number of hydrogen-bond acceptors (Lipinski definition) is 1. The van der Waals surface area contributed by atoms with Gasteiger partial charge < -0.3 is 4.74 Å². The molecular weight excluding hydrogens is 179 g/mol. The quantitative estimate of drug-likeness (QED) is 0.359. The fraction of sp³-hybridized carbons (Fsp3) is 0.333. The minimum atomic E-state index is 0.696. The van der Waals surface area contributed by atoms with Crippen LogP contribution in [0.4, 0.5) is 0 Å². The molecule has 5 heavy (non-hydrogen) atoms. The minimum absolute atomic E-state index is 0.696. The molecule has 0 bridgehead atoms. The molecule has 0 atom stereocenters. The van der Waals surface area contributed by atoms with E-state index in [0.29, 0.717) is 4.61 Å². The van der Waals surface area contributed by atoms with E-state index < -0.39 is 0 Å². The summed E-state index contributed by atoms with van der Waals surface area (Å²) < 4.78 is 5.28. The predicted molar refractivity (Wildman–Crippen MR) is 30.2 cm³/mol. The maximum absolute atomic E-state index is 4.58. The zero-order valence-corrected chi connectivity index (χ0v) is 4.94. The lowest BCUT2D eigenvalue weighted by Gasteiger charge is -1.82. The Hall–Kier alpha value is 0.270. The van der Waals surface area contributed by atoms with Crippen LogP contribution in [0.25, 0.3) is 0 Å². The molecule has 0 aliphatic rings. The lowest BCUT2D eigenvalue weighted by atomic mass is 11.2. The van der Waals surface area contributed by atoms with E-state index in [2.05, 4.69) is 33.9 Å². The van der Waals surface area contributed by atoms with E-state index in [0.717, 1.165) is 0 Å². The van der Waals surface area contributed by atoms with E-state index in [1.807, 2.05) is 0 Å². The van der Waals surface area contributed by atoms with Crippen molar-refractivity contribution in [3.63, 3.8) is 0 Å². The van der Waals surface area contributed by atoms with Gasteiger partial charge in [0.15, 0.2) is 0 Å². The van der Waals surface area contributed by atoms with Gasteiger partial charge in [-0.1, -0.05) is 6.58 Å². The van der Waals surface area contributed by atoms with Gasteiger partial charge in [-0.15, -0.1) is 0 Å². The van der Waals surface area contributed by atoms with E-state index in [9.17, 15) is 0 Å². The summed E-state index contributed by atoms with van der Waals surface area (Å²) in [6, 6.07) is 0. The van der Waals surface area contributed by atoms with Crippen LogP contribution in [0.15, 0.2) is 12.8 Å². The molecule has 30 valence electrons. The molecule has 0 saturated carbocycles. The van der Waals surface area contributed by atoms with Crippen molar-refractivity contribution in [2.45, 2.75) is 0 Å². The first-order valence-electron chi connectivity index (χ1n) is 1.20. The van der Waals surface area contributed by atoms with Gasteiger partial charge in [0.1, 0.15) is 4.61 Å². The van der Waals surface area contributed by atoms with Gasteiger partial charge in [-0.05, 0) is 22.6 Å². The van der Waals surface area contributed by atoms with Crippen molar-refractivity contribution in [2.24, 2.45) is 0 Å². The number of halogens is 1. The zero-order chi connectivity index (χ0) is 4.12. The highest BCUT2D eigenvalue weighted by Gasteiger charge is 1.58. The van der Waals surface area contributed by atoms with Crippen molar-refractivity contribution in [1.82, 2.24) is 0 Å². The first-order chi connectivity index (χ1) is 2.41. The van der Waals surface area contributed by atoms with Crippen molar-refractivity contribution in [1.29, 1.82) is 0 Å². The fourth-order valence-electron chi connectivity index (χ4n) is 0.0445. The highest BCUT2D eigenvalue weighted by atomic mass is 127. The van der Waals surface area contributed by atoms with Crippen LogP contribution in [0.5, 0.6) is 0 Å². The maximum atomic E-state index is 4.58. The third-order valence-corrected chi connectivity index (χ3v) is 0.540. The Balaban J connectivity index is 2.40. The molecule has 0 N–H and O–H groups in total. The summed E-state index contributed by atoms with van der Waals surface area (Å²) in [4.78, 5) is 0. The Kier molecular flexibility index (Phi) is 4.50. The average molecular weight is 184 g/mol. The van der Waals surface area contributed by atoms with Crippen molar-refractivity contribution in [3.05, 3.63) is 12.8 Å². The van der Waals surface area contributed by atoms with Gasteiger partial charge in [0.2, 0.25) is 0 Å². The zero-order valence-electron chi connectivity index (χ0n) is 2.78. The van der Waals surface area contributed by atoms with Crippen LogP contribution in [0.2, 0.25) is 0 Å². The normalized spacial score (nSPS) is 6.60. The molecule has 0 aliphatic heterocycles. The van der Waals surface area contributed by atoms with Crippen LogP contribution in [0.1, 0.15) is 0 Å². The number of alkyl halides is 1. The Morgan fingerprint density at radius 1 is 2.00 bits per heavy atom. The Morgan fingerprint density at radius 3 is 2.60 bits per heavy atom. The Bertz CT molecular complexity index is 28.1. The van der Waals surface area contributed by atoms with Crippen LogP contribution in [0, 0.1) is 0 Å². The molecule has 0 heterocycles. The first kappa shape index (κ1) is 5.27. The molecule has 0 amide bonds. The molecule has 0 unspecified atom stereocenters. The molecular formula is C3H5IO. The van der Waals surface area contributed by atoms with Crippen LogP contribution in [0.3, 0.4) is 0 Å². The van der Waals surface area contributed by atoms with Gasteiger partial charge in [-0.25, -0.2) is 0 Å². The summed E-state index contributed by atoms with van der Waals surface area (Å²) in [7, 11) is 0. The summed E-state index contributed by atoms with van der Waals surface area (Å²) in [5.41, 5.74) is 0. The van der Waals surface area contributed by atoms with Crippen molar-refractivity contribution in [2.75, 3.05) is 4.61 Å². The maximum Gasteiger partial charge on any atom is 0.138 e. The van der Waals surface area contributed by atoms with E-state index in [4.69, 9.17) is 0 Å². The smallest absolute Gasteiger partial charge is 0.138 e. The van der Waals surface area contributed by atoms with Crippen LogP contribution >= 0.6 is 22.6 Å². The highest BCUT2D eigenvalue weighted by molar-refractivity contribution is 14.1.